The summed E-state index contributed by atoms with van der Waals surface area (Å²) < 4.78 is 5.66. The van der Waals surface area contributed by atoms with Gasteiger partial charge in [-0.25, -0.2) is 0 Å². The molecule has 18 heavy (non-hydrogen) atoms. The lowest BCUT2D eigenvalue weighted by Gasteiger charge is -2.17. The van der Waals surface area contributed by atoms with Crippen LogP contribution in [-0.4, -0.2) is 16.8 Å². The number of rotatable bonds is 5. The summed E-state index contributed by atoms with van der Waals surface area (Å²) in [7, 11) is 0. The van der Waals surface area contributed by atoms with E-state index in [1.807, 2.05) is 52.0 Å². The predicted molar refractivity (Wildman–Crippen MR) is 78.4 cm³/mol. The zero-order valence-corrected chi connectivity index (χ0v) is 12.8. The lowest BCUT2D eigenvalue weighted by molar-refractivity contribution is -0.116. The summed E-state index contributed by atoms with van der Waals surface area (Å²) in [6.07, 6.45) is 0.0768. The van der Waals surface area contributed by atoms with Gasteiger partial charge in [0.1, 0.15) is 5.75 Å². The van der Waals surface area contributed by atoms with E-state index >= 15 is 0 Å². The van der Waals surface area contributed by atoms with E-state index in [0.29, 0.717) is 11.4 Å². The van der Waals surface area contributed by atoms with Crippen molar-refractivity contribution in [1.82, 2.24) is 0 Å². The summed E-state index contributed by atoms with van der Waals surface area (Å²) in [5.41, 5.74) is 0.710. The first-order valence-corrected chi connectivity index (χ1v) is 7.04. The van der Waals surface area contributed by atoms with Crippen LogP contribution in [0.4, 0.5) is 5.69 Å². The number of anilines is 1. The second-order valence-corrected chi connectivity index (χ2v) is 5.78. The van der Waals surface area contributed by atoms with Crippen LogP contribution in [-0.2, 0) is 4.79 Å². The van der Waals surface area contributed by atoms with Crippen molar-refractivity contribution in [3.05, 3.63) is 24.3 Å². The van der Waals surface area contributed by atoms with Crippen LogP contribution in [0.1, 0.15) is 27.7 Å². The van der Waals surface area contributed by atoms with Crippen molar-refractivity contribution in [2.45, 2.75) is 38.6 Å². The van der Waals surface area contributed by atoms with E-state index in [1.54, 1.807) is 0 Å². The molecule has 1 aromatic rings. The Bertz CT molecular complexity index is 405. The topological polar surface area (TPSA) is 38.3 Å². The normalized spacial score (nSPS) is 12.6. The van der Waals surface area contributed by atoms with E-state index in [4.69, 9.17) is 4.74 Å². The van der Waals surface area contributed by atoms with Crippen molar-refractivity contribution < 1.29 is 9.53 Å². The molecular formula is C14H20BrNO2. The maximum absolute atomic E-state index is 12.0. The molecule has 1 atom stereocenters. The van der Waals surface area contributed by atoms with E-state index in [1.165, 1.54) is 0 Å². The molecule has 1 aromatic carbocycles. The van der Waals surface area contributed by atoms with E-state index < -0.39 is 0 Å². The fourth-order valence-corrected chi connectivity index (χ4v) is 1.55. The van der Waals surface area contributed by atoms with Crippen LogP contribution in [0.3, 0.4) is 0 Å². The summed E-state index contributed by atoms with van der Waals surface area (Å²) in [6.45, 7) is 7.91. The van der Waals surface area contributed by atoms with Gasteiger partial charge in [0.25, 0.3) is 0 Å². The fraction of sp³-hybridized carbons (Fsp3) is 0.500. The van der Waals surface area contributed by atoms with Gasteiger partial charge < -0.3 is 10.1 Å². The Kier molecular flexibility index (Phi) is 5.66. The first kappa shape index (κ1) is 15.0. The Hall–Kier alpha value is -1.03. The van der Waals surface area contributed by atoms with Crippen molar-refractivity contribution in [3.63, 3.8) is 0 Å². The zero-order chi connectivity index (χ0) is 13.7. The molecule has 1 amide bonds. The molecular weight excluding hydrogens is 294 g/mol. The minimum Gasteiger partial charge on any atom is -0.489 e. The molecule has 1 N–H and O–H groups in total. The molecule has 4 heteroatoms. The Labute approximate surface area is 117 Å². The number of carbonyl (C=O) groups excluding carboxylic acids is 1. The number of hydrogen-bond acceptors (Lipinski definition) is 2. The van der Waals surface area contributed by atoms with Crippen LogP contribution in [0.2, 0.25) is 0 Å². The van der Waals surface area contributed by atoms with Crippen LogP contribution in [0.5, 0.6) is 5.75 Å². The monoisotopic (exact) mass is 313 g/mol. The minimum atomic E-state index is -0.204. The van der Waals surface area contributed by atoms with Gasteiger partial charge in [-0.1, -0.05) is 41.9 Å². The number of carbonyl (C=O) groups is 1. The maximum Gasteiger partial charge on any atom is 0.238 e. The highest BCUT2D eigenvalue weighted by molar-refractivity contribution is 9.10. The number of nitrogens with one attached hydrogen (secondary N) is 1. The lowest BCUT2D eigenvalue weighted by Crippen LogP contribution is -2.27. The average Bonchev–Trinajstić information content (AvgIpc) is 2.29. The van der Waals surface area contributed by atoms with Gasteiger partial charge in [0, 0.05) is 0 Å². The molecule has 0 saturated heterocycles. The van der Waals surface area contributed by atoms with Gasteiger partial charge in [-0.2, -0.15) is 0 Å². The van der Waals surface area contributed by atoms with Crippen LogP contribution < -0.4 is 10.1 Å². The highest BCUT2D eigenvalue weighted by atomic mass is 79.9. The number of para-hydroxylation sites is 2. The number of ether oxygens (including phenoxy) is 1. The third-order valence-electron chi connectivity index (χ3n) is 2.34. The molecule has 0 fully saturated rings. The molecule has 3 nitrogen and oxygen atoms in total. The Balaban J connectivity index is 2.81. The molecule has 0 radical (unpaired) electrons. The SMILES string of the molecule is CC(C)Oc1ccccc1NC(=O)C(Br)C(C)C. The molecule has 0 heterocycles. The zero-order valence-electron chi connectivity index (χ0n) is 11.2. The van der Waals surface area contributed by atoms with E-state index in [2.05, 4.69) is 21.2 Å². The third kappa shape index (κ3) is 4.33. The lowest BCUT2D eigenvalue weighted by atomic mass is 10.1. The number of alkyl halides is 1. The van der Waals surface area contributed by atoms with Gasteiger partial charge >= 0.3 is 0 Å². The van der Waals surface area contributed by atoms with Crippen LogP contribution in [0, 0.1) is 5.92 Å². The molecule has 0 bridgehead atoms. The fourth-order valence-electron chi connectivity index (χ4n) is 1.43. The van der Waals surface area contributed by atoms with Gasteiger partial charge in [-0.3, -0.25) is 4.79 Å². The van der Waals surface area contributed by atoms with Gasteiger partial charge in [-0.15, -0.1) is 0 Å². The summed E-state index contributed by atoms with van der Waals surface area (Å²) in [5, 5.41) is 2.89. The Morgan fingerprint density at radius 1 is 1.22 bits per heavy atom. The molecule has 0 aliphatic heterocycles. The van der Waals surface area contributed by atoms with Crippen LogP contribution in [0.15, 0.2) is 24.3 Å². The number of hydrogen-bond donors (Lipinski definition) is 1. The molecule has 1 rings (SSSR count). The van der Waals surface area contributed by atoms with E-state index in [-0.39, 0.29) is 22.8 Å². The first-order chi connectivity index (χ1) is 8.41. The smallest absolute Gasteiger partial charge is 0.238 e. The van der Waals surface area contributed by atoms with Crippen molar-refractivity contribution >= 4 is 27.5 Å². The number of benzene rings is 1. The van der Waals surface area contributed by atoms with Crippen molar-refractivity contribution in [2.75, 3.05) is 5.32 Å². The molecule has 100 valence electrons. The van der Waals surface area contributed by atoms with Gasteiger partial charge in [0.05, 0.1) is 16.6 Å². The number of halogens is 1. The predicted octanol–water partition coefficient (Wildman–Crippen LogP) is 3.83. The summed E-state index contributed by atoms with van der Waals surface area (Å²) >= 11 is 3.39. The maximum atomic E-state index is 12.0. The van der Waals surface area contributed by atoms with Crippen LogP contribution in [0.25, 0.3) is 0 Å². The Morgan fingerprint density at radius 3 is 2.39 bits per heavy atom. The molecule has 0 aromatic heterocycles. The molecule has 0 aliphatic rings. The standard InChI is InChI=1S/C14H20BrNO2/c1-9(2)13(15)14(17)16-11-7-5-6-8-12(11)18-10(3)4/h5-10,13H,1-4H3,(H,16,17). The van der Waals surface area contributed by atoms with Crippen molar-refractivity contribution in [3.8, 4) is 5.75 Å². The minimum absolute atomic E-state index is 0.0511. The molecule has 0 saturated carbocycles. The second-order valence-electron chi connectivity index (χ2n) is 4.80. The van der Waals surface area contributed by atoms with E-state index in [0.717, 1.165) is 0 Å². The van der Waals surface area contributed by atoms with Gasteiger partial charge in [0.15, 0.2) is 0 Å². The Morgan fingerprint density at radius 2 is 1.83 bits per heavy atom. The number of amides is 1. The summed E-state index contributed by atoms with van der Waals surface area (Å²) in [5.74, 6) is 0.886. The largest absolute Gasteiger partial charge is 0.489 e. The highest BCUT2D eigenvalue weighted by Gasteiger charge is 2.19. The van der Waals surface area contributed by atoms with Gasteiger partial charge in [0.2, 0.25) is 5.91 Å². The van der Waals surface area contributed by atoms with Gasteiger partial charge in [-0.05, 0) is 31.9 Å². The molecule has 1 unspecified atom stereocenters. The van der Waals surface area contributed by atoms with E-state index in [9.17, 15) is 4.79 Å². The first-order valence-electron chi connectivity index (χ1n) is 6.12. The van der Waals surface area contributed by atoms with Crippen LogP contribution >= 0.6 is 15.9 Å². The van der Waals surface area contributed by atoms with Crippen molar-refractivity contribution in [2.24, 2.45) is 5.92 Å². The van der Waals surface area contributed by atoms with Crippen molar-refractivity contribution in [1.29, 1.82) is 0 Å². The summed E-state index contributed by atoms with van der Waals surface area (Å²) in [4.78, 5) is 11.8. The quantitative estimate of drug-likeness (QED) is 0.839. The second kappa shape index (κ2) is 6.78. The summed E-state index contributed by atoms with van der Waals surface area (Å²) in [6, 6.07) is 7.47. The molecule has 0 spiro atoms. The molecule has 0 aliphatic carbocycles. The average molecular weight is 314 g/mol. The third-order valence-corrected chi connectivity index (χ3v) is 3.82. The highest BCUT2D eigenvalue weighted by Crippen LogP contribution is 2.26.